The van der Waals surface area contributed by atoms with Crippen LogP contribution in [-0.4, -0.2) is 38.2 Å². The fraction of sp³-hybridized carbons (Fsp3) is 0.111. The third kappa shape index (κ3) is 2.67. The van der Waals surface area contributed by atoms with E-state index in [1.165, 1.54) is 7.11 Å². The summed E-state index contributed by atoms with van der Waals surface area (Å²) >= 11 is 0. The van der Waals surface area contributed by atoms with Crippen LogP contribution in [0.1, 0.15) is 5.56 Å². The van der Waals surface area contributed by atoms with Crippen LogP contribution in [0.25, 0.3) is 22.1 Å². The van der Waals surface area contributed by atoms with Crippen molar-refractivity contribution in [3.05, 3.63) is 48.0 Å². The largest absolute Gasteiger partial charge is 0.504 e. The van der Waals surface area contributed by atoms with Gasteiger partial charge in [0, 0.05) is 12.4 Å². The van der Waals surface area contributed by atoms with E-state index in [0.717, 1.165) is 22.1 Å². The molecule has 0 unspecified atom stereocenters. The number of phenolic OH excluding ortho intramolecular Hbond substituents is 1. The Kier molecular flexibility index (Phi) is 3.85. The molecule has 0 aliphatic carbocycles. The molecule has 2 aromatic heterocycles. The predicted octanol–water partition coefficient (Wildman–Crippen LogP) is 2.68. The zero-order valence-electron chi connectivity index (χ0n) is 14.2. The lowest BCUT2D eigenvalue weighted by Crippen LogP contribution is -2.00. The number of anilines is 1. The van der Waals surface area contributed by atoms with E-state index in [0.29, 0.717) is 11.3 Å². The van der Waals surface area contributed by atoms with Gasteiger partial charge in [0.05, 0.1) is 18.8 Å². The Bertz CT molecular complexity index is 1140. The molecule has 8 nitrogen and oxygen atoms in total. The minimum Gasteiger partial charge on any atom is -0.504 e. The van der Waals surface area contributed by atoms with E-state index in [9.17, 15) is 5.11 Å². The van der Waals surface area contributed by atoms with Crippen molar-refractivity contribution in [1.82, 2.24) is 19.7 Å². The second-order valence-electron chi connectivity index (χ2n) is 5.69. The maximum atomic E-state index is 9.78. The fourth-order valence-electron chi connectivity index (χ4n) is 2.81. The van der Waals surface area contributed by atoms with Crippen LogP contribution in [0, 0.1) is 0 Å². The number of aromatic nitrogens is 4. The van der Waals surface area contributed by atoms with Crippen LogP contribution in [0.5, 0.6) is 11.5 Å². The number of fused-ring (bicyclic) bond motifs is 3. The van der Waals surface area contributed by atoms with E-state index in [-0.39, 0.29) is 11.7 Å². The van der Waals surface area contributed by atoms with Gasteiger partial charge in [-0.25, -0.2) is 5.43 Å². The number of nitrogens with one attached hydrogen (secondary N) is 1. The number of hydrazone groups is 1. The molecular weight excluding hydrogens is 332 g/mol. The summed E-state index contributed by atoms with van der Waals surface area (Å²) in [6.45, 7) is 0. The zero-order valence-corrected chi connectivity index (χ0v) is 14.2. The highest BCUT2D eigenvalue weighted by Gasteiger charge is 2.11. The summed E-state index contributed by atoms with van der Waals surface area (Å²) in [5.74, 6) is 0.743. The summed E-state index contributed by atoms with van der Waals surface area (Å²) in [6.07, 6.45) is 1.55. The van der Waals surface area contributed by atoms with Gasteiger partial charge in [-0.05, 0) is 29.8 Å². The van der Waals surface area contributed by atoms with Crippen molar-refractivity contribution in [2.75, 3.05) is 12.5 Å². The number of para-hydroxylation sites is 1. The average Bonchev–Trinajstić information content (AvgIpc) is 2.95. The molecule has 0 aliphatic rings. The summed E-state index contributed by atoms with van der Waals surface area (Å²) in [5, 5.41) is 23.2. The molecule has 0 saturated carbocycles. The topological polar surface area (TPSA) is 97.5 Å². The molecule has 2 heterocycles. The van der Waals surface area contributed by atoms with Gasteiger partial charge in [0.2, 0.25) is 0 Å². The van der Waals surface area contributed by atoms with Crippen molar-refractivity contribution in [2.45, 2.75) is 0 Å². The van der Waals surface area contributed by atoms with Gasteiger partial charge in [-0.3, -0.25) is 0 Å². The van der Waals surface area contributed by atoms with E-state index in [2.05, 4.69) is 25.7 Å². The molecule has 0 bridgehead atoms. The number of nitrogens with zero attached hydrogens (tertiary/aromatic N) is 5. The lowest BCUT2D eigenvalue weighted by molar-refractivity contribution is 0.373. The summed E-state index contributed by atoms with van der Waals surface area (Å²) in [4.78, 5) is 4.48. The second-order valence-corrected chi connectivity index (χ2v) is 5.69. The van der Waals surface area contributed by atoms with Crippen LogP contribution in [0.2, 0.25) is 0 Å². The molecule has 0 atom stereocenters. The Morgan fingerprint density at radius 2 is 2.04 bits per heavy atom. The maximum Gasteiger partial charge on any atom is 0.265 e. The number of benzene rings is 2. The Hall–Kier alpha value is -3.68. The first-order chi connectivity index (χ1) is 12.7. The number of phenols is 1. The first kappa shape index (κ1) is 15.8. The third-order valence-electron chi connectivity index (χ3n) is 4.09. The number of ether oxygens (including phenoxy) is 1. The molecule has 26 heavy (non-hydrogen) atoms. The number of hydrogen-bond donors (Lipinski definition) is 2. The third-order valence-corrected chi connectivity index (χ3v) is 4.09. The number of rotatable bonds is 4. The molecule has 2 aromatic carbocycles. The van der Waals surface area contributed by atoms with Gasteiger partial charge >= 0.3 is 0 Å². The first-order valence-corrected chi connectivity index (χ1v) is 7.91. The quantitative estimate of drug-likeness (QED) is 0.435. The summed E-state index contributed by atoms with van der Waals surface area (Å²) in [7, 11) is 3.43. The number of aromatic hydroxyl groups is 1. The standard InChI is InChI=1S/C18H16N6O2/c1-24-13-6-4-3-5-12(13)16-17(24)20-18(23-21-16)22-19-10-11-7-8-15(26-2)14(25)9-11/h3-10,25H,1-2H3,(H,20,22,23)/b19-10+. The highest BCUT2D eigenvalue weighted by Crippen LogP contribution is 2.26. The highest BCUT2D eigenvalue weighted by molar-refractivity contribution is 6.04. The Labute approximate surface area is 148 Å². The summed E-state index contributed by atoms with van der Waals surface area (Å²) < 4.78 is 6.98. The molecule has 130 valence electrons. The molecule has 4 rings (SSSR count). The summed E-state index contributed by atoms with van der Waals surface area (Å²) in [5.41, 5.74) is 5.98. The summed E-state index contributed by atoms with van der Waals surface area (Å²) in [6, 6.07) is 12.9. The smallest absolute Gasteiger partial charge is 0.265 e. The van der Waals surface area contributed by atoms with Gasteiger partial charge in [0.1, 0.15) is 5.52 Å². The zero-order chi connectivity index (χ0) is 18.1. The maximum absolute atomic E-state index is 9.78. The van der Waals surface area contributed by atoms with Crippen molar-refractivity contribution in [2.24, 2.45) is 12.1 Å². The minimum atomic E-state index is 0.0475. The normalized spacial score (nSPS) is 11.5. The van der Waals surface area contributed by atoms with Crippen LogP contribution in [0.3, 0.4) is 0 Å². The van der Waals surface area contributed by atoms with Gasteiger partial charge < -0.3 is 14.4 Å². The van der Waals surface area contributed by atoms with Crippen molar-refractivity contribution in [1.29, 1.82) is 0 Å². The van der Waals surface area contributed by atoms with E-state index < -0.39 is 0 Å². The molecule has 0 saturated heterocycles. The molecule has 4 aromatic rings. The molecule has 0 amide bonds. The molecule has 2 N–H and O–H groups in total. The van der Waals surface area contributed by atoms with Crippen LogP contribution >= 0.6 is 0 Å². The van der Waals surface area contributed by atoms with Crippen LogP contribution in [-0.2, 0) is 7.05 Å². The molecule has 0 aliphatic heterocycles. The van der Waals surface area contributed by atoms with Gasteiger partial charge in [0.25, 0.3) is 5.95 Å². The predicted molar refractivity (Wildman–Crippen MR) is 99.7 cm³/mol. The second kappa shape index (κ2) is 6.32. The molecule has 8 heteroatoms. The van der Waals surface area contributed by atoms with Gasteiger partial charge in [-0.2, -0.15) is 10.1 Å². The molecular formula is C18H16N6O2. The van der Waals surface area contributed by atoms with E-state index in [1.54, 1.807) is 24.4 Å². The average molecular weight is 348 g/mol. The molecule has 0 fully saturated rings. The van der Waals surface area contributed by atoms with Crippen LogP contribution in [0.15, 0.2) is 47.6 Å². The van der Waals surface area contributed by atoms with E-state index in [4.69, 9.17) is 4.74 Å². The number of aryl methyl sites for hydroxylation is 1. The minimum absolute atomic E-state index is 0.0475. The van der Waals surface area contributed by atoms with Crippen molar-refractivity contribution in [3.63, 3.8) is 0 Å². The fourth-order valence-corrected chi connectivity index (χ4v) is 2.81. The van der Waals surface area contributed by atoms with Crippen LogP contribution < -0.4 is 10.2 Å². The van der Waals surface area contributed by atoms with Crippen molar-refractivity contribution in [3.8, 4) is 11.5 Å². The van der Waals surface area contributed by atoms with Gasteiger partial charge in [-0.15, -0.1) is 10.2 Å². The first-order valence-electron chi connectivity index (χ1n) is 7.91. The SMILES string of the molecule is COc1ccc(/C=N/Nc2nnc3c4ccccc4n(C)c3n2)cc1O. The Balaban J connectivity index is 1.60. The number of methoxy groups -OCH3 is 1. The monoisotopic (exact) mass is 348 g/mol. The lowest BCUT2D eigenvalue weighted by atomic mass is 10.2. The molecule has 0 spiro atoms. The Morgan fingerprint density at radius 3 is 2.85 bits per heavy atom. The van der Waals surface area contributed by atoms with Gasteiger partial charge in [0.15, 0.2) is 17.1 Å². The molecule has 0 radical (unpaired) electrons. The van der Waals surface area contributed by atoms with E-state index in [1.807, 2.05) is 35.9 Å². The highest BCUT2D eigenvalue weighted by atomic mass is 16.5. The van der Waals surface area contributed by atoms with Crippen LogP contribution in [0.4, 0.5) is 5.95 Å². The Morgan fingerprint density at radius 1 is 1.19 bits per heavy atom. The number of hydrogen-bond acceptors (Lipinski definition) is 7. The van der Waals surface area contributed by atoms with Crippen molar-refractivity contribution >= 4 is 34.2 Å². The van der Waals surface area contributed by atoms with Gasteiger partial charge in [-0.1, -0.05) is 18.2 Å². The van der Waals surface area contributed by atoms with E-state index >= 15 is 0 Å². The lowest BCUT2D eigenvalue weighted by Gasteiger charge is -2.03. The van der Waals surface area contributed by atoms with Crippen molar-refractivity contribution < 1.29 is 9.84 Å².